The molecule has 2 N–H and O–H groups in total. The Bertz CT molecular complexity index is 558. The minimum atomic E-state index is 0.00496. The van der Waals surface area contributed by atoms with Crippen LogP contribution in [0.2, 0.25) is 0 Å². The Morgan fingerprint density at radius 1 is 1.35 bits per heavy atom. The van der Waals surface area contributed by atoms with E-state index in [0.29, 0.717) is 6.04 Å². The third-order valence-electron chi connectivity index (χ3n) is 3.61. The molecule has 2 heterocycles. The average Bonchev–Trinajstić information content (AvgIpc) is 3.09. The summed E-state index contributed by atoms with van der Waals surface area (Å²) in [6.07, 6.45) is 6.66. The van der Waals surface area contributed by atoms with Gasteiger partial charge in [0.2, 0.25) is 5.16 Å². The molecule has 2 aromatic rings. The number of rotatable bonds is 4. The summed E-state index contributed by atoms with van der Waals surface area (Å²) >= 11 is 1.50. The monoisotopic (exact) mass is 290 g/mol. The van der Waals surface area contributed by atoms with Crippen molar-refractivity contribution in [3.63, 3.8) is 0 Å². The van der Waals surface area contributed by atoms with Crippen LogP contribution < -0.4 is 5.73 Å². The summed E-state index contributed by atoms with van der Waals surface area (Å²) in [4.78, 5) is 4.42. The molecule has 0 amide bonds. The standard InChI is InChI=1S/C13H18N6S/c1-9(14)10-6-7-12(15-8-10)20-13-16-17-18-19(13)11-4-2-3-5-11/h6-9,11H,2-5,14H2,1H3/t9-/m1/s1. The molecule has 0 unspecified atom stereocenters. The molecular formula is C13H18N6S. The van der Waals surface area contributed by atoms with Crippen LogP contribution in [0, 0.1) is 0 Å². The first-order valence-corrected chi connectivity index (χ1v) is 7.73. The fourth-order valence-electron chi connectivity index (χ4n) is 2.45. The van der Waals surface area contributed by atoms with Crippen molar-refractivity contribution in [2.75, 3.05) is 0 Å². The molecule has 3 rings (SSSR count). The lowest BCUT2D eigenvalue weighted by Crippen LogP contribution is -2.08. The van der Waals surface area contributed by atoms with Crippen molar-refractivity contribution in [3.05, 3.63) is 23.9 Å². The molecule has 0 radical (unpaired) electrons. The molecule has 1 aliphatic carbocycles. The zero-order chi connectivity index (χ0) is 13.9. The van der Waals surface area contributed by atoms with Crippen LogP contribution in [0.3, 0.4) is 0 Å². The van der Waals surface area contributed by atoms with Gasteiger partial charge in [-0.1, -0.05) is 18.9 Å². The van der Waals surface area contributed by atoms with Crippen LogP contribution in [-0.2, 0) is 0 Å². The fraction of sp³-hybridized carbons (Fsp3) is 0.538. The van der Waals surface area contributed by atoms with Gasteiger partial charge in [0.15, 0.2) is 0 Å². The predicted molar refractivity (Wildman–Crippen MR) is 76.3 cm³/mol. The molecule has 1 fully saturated rings. The molecule has 1 atom stereocenters. The van der Waals surface area contributed by atoms with Crippen LogP contribution in [0.25, 0.3) is 0 Å². The molecule has 0 bridgehead atoms. The molecule has 0 spiro atoms. The summed E-state index contributed by atoms with van der Waals surface area (Å²) in [7, 11) is 0. The van der Waals surface area contributed by atoms with Crippen molar-refractivity contribution in [1.29, 1.82) is 0 Å². The Hall–Kier alpha value is -1.47. The van der Waals surface area contributed by atoms with Crippen molar-refractivity contribution >= 4 is 11.8 Å². The zero-order valence-electron chi connectivity index (χ0n) is 11.4. The van der Waals surface area contributed by atoms with Gasteiger partial charge in [-0.3, -0.25) is 0 Å². The molecular weight excluding hydrogens is 272 g/mol. The molecule has 6 nitrogen and oxygen atoms in total. The fourth-order valence-corrected chi connectivity index (χ4v) is 3.23. The van der Waals surface area contributed by atoms with Crippen molar-refractivity contribution in [3.8, 4) is 0 Å². The van der Waals surface area contributed by atoms with Crippen LogP contribution in [-0.4, -0.2) is 25.2 Å². The van der Waals surface area contributed by atoms with Crippen LogP contribution in [0.15, 0.2) is 28.5 Å². The summed E-state index contributed by atoms with van der Waals surface area (Å²) in [6, 6.07) is 4.42. The molecule has 106 valence electrons. The molecule has 0 saturated heterocycles. The smallest absolute Gasteiger partial charge is 0.215 e. The van der Waals surface area contributed by atoms with Crippen LogP contribution in [0.4, 0.5) is 0 Å². The summed E-state index contributed by atoms with van der Waals surface area (Å²) in [5, 5.41) is 13.8. The Morgan fingerprint density at radius 2 is 2.15 bits per heavy atom. The van der Waals surface area contributed by atoms with E-state index >= 15 is 0 Å². The minimum Gasteiger partial charge on any atom is -0.324 e. The lowest BCUT2D eigenvalue weighted by Gasteiger charge is -2.10. The van der Waals surface area contributed by atoms with Gasteiger partial charge in [0.1, 0.15) is 5.03 Å². The minimum absolute atomic E-state index is 0.00496. The van der Waals surface area contributed by atoms with Crippen molar-refractivity contribution < 1.29 is 0 Å². The SMILES string of the molecule is C[C@@H](N)c1ccc(Sc2nnnn2C2CCCC2)nc1. The van der Waals surface area contributed by atoms with E-state index in [-0.39, 0.29) is 6.04 Å². The Balaban J connectivity index is 1.76. The third kappa shape index (κ3) is 2.83. The number of aromatic nitrogens is 5. The highest BCUT2D eigenvalue weighted by Gasteiger charge is 2.22. The van der Waals surface area contributed by atoms with Crippen molar-refractivity contribution in [2.45, 2.75) is 54.9 Å². The van der Waals surface area contributed by atoms with Crippen LogP contribution in [0.5, 0.6) is 0 Å². The van der Waals surface area contributed by atoms with Gasteiger partial charge in [-0.05, 0) is 53.6 Å². The van der Waals surface area contributed by atoms with Gasteiger partial charge in [-0.2, -0.15) is 0 Å². The number of nitrogens with zero attached hydrogens (tertiary/aromatic N) is 5. The molecule has 20 heavy (non-hydrogen) atoms. The van der Waals surface area contributed by atoms with Gasteiger partial charge in [0.25, 0.3) is 0 Å². The second kappa shape index (κ2) is 5.88. The maximum absolute atomic E-state index is 5.82. The first kappa shape index (κ1) is 13.5. The van der Waals surface area contributed by atoms with E-state index in [1.807, 2.05) is 29.9 Å². The van der Waals surface area contributed by atoms with Crippen LogP contribution >= 0.6 is 11.8 Å². The molecule has 7 heteroatoms. The Kier molecular flexibility index (Phi) is 3.98. The second-order valence-corrected chi connectivity index (χ2v) is 6.15. The topological polar surface area (TPSA) is 82.5 Å². The first-order valence-electron chi connectivity index (χ1n) is 6.91. The maximum atomic E-state index is 5.82. The number of hydrogen-bond donors (Lipinski definition) is 1. The molecule has 2 aromatic heterocycles. The number of nitrogens with two attached hydrogens (primary N) is 1. The van der Waals surface area contributed by atoms with Gasteiger partial charge in [0, 0.05) is 12.2 Å². The van der Waals surface area contributed by atoms with E-state index in [1.165, 1.54) is 24.6 Å². The zero-order valence-corrected chi connectivity index (χ0v) is 12.3. The molecule has 1 aliphatic rings. The van der Waals surface area contributed by atoms with E-state index in [2.05, 4.69) is 20.5 Å². The highest BCUT2D eigenvalue weighted by molar-refractivity contribution is 7.99. The normalized spacial score (nSPS) is 17.5. The third-order valence-corrected chi connectivity index (χ3v) is 4.52. The molecule has 0 aliphatic heterocycles. The largest absolute Gasteiger partial charge is 0.324 e. The lowest BCUT2D eigenvalue weighted by atomic mass is 10.2. The van der Waals surface area contributed by atoms with Crippen molar-refractivity contribution in [2.24, 2.45) is 5.73 Å². The number of hydrogen-bond acceptors (Lipinski definition) is 6. The van der Waals surface area contributed by atoms with Gasteiger partial charge in [0.05, 0.1) is 6.04 Å². The summed E-state index contributed by atoms with van der Waals surface area (Å²) in [5.74, 6) is 0. The van der Waals surface area contributed by atoms with Gasteiger partial charge < -0.3 is 5.73 Å². The molecule has 1 saturated carbocycles. The highest BCUT2D eigenvalue weighted by atomic mass is 32.2. The van der Waals surface area contributed by atoms with E-state index < -0.39 is 0 Å². The summed E-state index contributed by atoms with van der Waals surface area (Å²) in [5.41, 5.74) is 6.86. The van der Waals surface area contributed by atoms with Crippen molar-refractivity contribution in [1.82, 2.24) is 25.2 Å². The lowest BCUT2D eigenvalue weighted by molar-refractivity contribution is 0.423. The van der Waals surface area contributed by atoms with E-state index in [0.717, 1.165) is 28.6 Å². The second-order valence-electron chi connectivity index (χ2n) is 5.16. The van der Waals surface area contributed by atoms with E-state index in [9.17, 15) is 0 Å². The Morgan fingerprint density at radius 3 is 2.80 bits per heavy atom. The van der Waals surface area contributed by atoms with Gasteiger partial charge in [-0.25, -0.2) is 9.67 Å². The summed E-state index contributed by atoms with van der Waals surface area (Å²) in [6.45, 7) is 1.95. The molecule has 0 aromatic carbocycles. The number of pyridine rings is 1. The summed E-state index contributed by atoms with van der Waals surface area (Å²) < 4.78 is 1.94. The number of tetrazole rings is 1. The maximum Gasteiger partial charge on any atom is 0.215 e. The predicted octanol–water partition coefficient (Wildman–Crippen LogP) is 2.35. The first-order chi connectivity index (χ1) is 9.74. The van der Waals surface area contributed by atoms with Crippen LogP contribution in [0.1, 0.15) is 50.3 Å². The quantitative estimate of drug-likeness (QED) is 0.930. The van der Waals surface area contributed by atoms with Gasteiger partial charge >= 0.3 is 0 Å². The Labute approximate surface area is 122 Å². The van der Waals surface area contributed by atoms with E-state index in [1.54, 1.807) is 0 Å². The van der Waals surface area contributed by atoms with E-state index in [4.69, 9.17) is 5.73 Å². The highest BCUT2D eigenvalue weighted by Crippen LogP contribution is 2.33. The van der Waals surface area contributed by atoms with Gasteiger partial charge in [-0.15, -0.1) is 5.10 Å². The average molecular weight is 290 g/mol.